The Labute approximate surface area is 253 Å². The topological polar surface area (TPSA) is 88.8 Å². The number of aryl methyl sites for hydroxylation is 1. The Kier molecular flexibility index (Phi) is 7.97. The number of nitrogens with zero attached hydrogens (tertiary/aromatic N) is 3. The number of carbonyl (C=O) groups excluding carboxylic acids is 3. The average Bonchev–Trinajstić information content (AvgIpc) is 3.71. The number of benzene rings is 2. The second-order valence-electron chi connectivity index (χ2n) is 12.3. The van der Waals surface area contributed by atoms with Gasteiger partial charge in [-0.3, -0.25) is 14.4 Å². The molecule has 0 bridgehead atoms. The van der Waals surface area contributed by atoms with Crippen LogP contribution in [0.15, 0.2) is 42.5 Å². The van der Waals surface area contributed by atoms with Gasteiger partial charge in [-0.15, -0.1) is 0 Å². The number of likely N-dealkylation sites (N-methyl/N-ethyl adjacent to an activating group) is 1. The number of anilines is 1. The summed E-state index contributed by atoms with van der Waals surface area (Å²) in [5.74, 6) is -0.0755. The first kappa shape index (κ1) is 28.9. The lowest BCUT2D eigenvalue weighted by atomic mass is 9.92. The first-order chi connectivity index (χ1) is 20.7. The smallest absolute Gasteiger partial charge is 0.256 e. The largest absolute Gasteiger partial charge is 0.358 e. The number of piperidine rings is 1. The van der Waals surface area contributed by atoms with E-state index in [1.54, 1.807) is 19.0 Å². The molecule has 1 aromatic heterocycles. The van der Waals surface area contributed by atoms with Gasteiger partial charge in [0.05, 0.1) is 17.6 Å². The number of carbonyl (C=O) groups is 3. The predicted octanol–water partition coefficient (Wildman–Crippen LogP) is 5.12. The summed E-state index contributed by atoms with van der Waals surface area (Å²) < 4.78 is 0. The Morgan fingerprint density at radius 3 is 2.44 bits per heavy atom. The standard InChI is InChI=1S/C35H41N5O3/c1-22-30(36-23(2)32(22)35(43)40-17-13-26(14-18-40)39-15-5-6-16-39)21-28-33-27(11-8-12-29(33)37-34(28)42)25-10-7-9-24(19-25)20-31(41)38(3)4/h7-12,19,21,26,36H,5-6,13-18,20H2,1-4H3,(H,37,42). The lowest BCUT2D eigenvalue weighted by Crippen LogP contribution is -2.46. The summed E-state index contributed by atoms with van der Waals surface area (Å²) in [5, 5.41) is 3.02. The van der Waals surface area contributed by atoms with Crippen LogP contribution in [0.2, 0.25) is 0 Å². The minimum atomic E-state index is -0.176. The zero-order chi connectivity index (χ0) is 30.2. The molecule has 3 amide bonds. The molecule has 8 nitrogen and oxygen atoms in total. The fourth-order valence-corrected chi connectivity index (χ4v) is 6.89. The van der Waals surface area contributed by atoms with E-state index < -0.39 is 0 Å². The number of aromatic nitrogens is 1. The molecule has 224 valence electrons. The molecule has 0 aliphatic carbocycles. The molecule has 3 aliphatic heterocycles. The molecule has 0 atom stereocenters. The van der Waals surface area contributed by atoms with Crippen LogP contribution in [0.1, 0.15) is 64.1 Å². The van der Waals surface area contributed by atoms with Crippen molar-refractivity contribution in [1.82, 2.24) is 19.7 Å². The Morgan fingerprint density at radius 2 is 1.72 bits per heavy atom. The van der Waals surface area contributed by atoms with Gasteiger partial charge in [-0.1, -0.05) is 36.4 Å². The zero-order valence-electron chi connectivity index (χ0n) is 25.6. The van der Waals surface area contributed by atoms with Crippen LogP contribution < -0.4 is 5.32 Å². The van der Waals surface area contributed by atoms with Crippen molar-refractivity contribution in [2.45, 2.75) is 52.0 Å². The SMILES string of the molecule is Cc1[nH]c(C=C2C(=O)Nc3cccc(-c4cccc(CC(=O)N(C)C)c4)c32)c(C)c1C(=O)N1CCC(N2CCCC2)CC1. The second kappa shape index (κ2) is 11.8. The molecule has 2 saturated heterocycles. The van der Waals surface area contributed by atoms with Crippen LogP contribution in [0.5, 0.6) is 0 Å². The van der Waals surface area contributed by atoms with Crippen molar-refractivity contribution >= 4 is 35.1 Å². The number of amides is 3. The molecule has 0 saturated carbocycles. The highest BCUT2D eigenvalue weighted by molar-refractivity contribution is 6.36. The van der Waals surface area contributed by atoms with Gasteiger partial charge in [0.15, 0.2) is 0 Å². The van der Waals surface area contributed by atoms with Crippen LogP contribution in [0.25, 0.3) is 22.8 Å². The van der Waals surface area contributed by atoms with Crippen molar-refractivity contribution in [2.24, 2.45) is 0 Å². The third-order valence-electron chi connectivity index (χ3n) is 9.31. The molecule has 6 rings (SSSR count). The van der Waals surface area contributed by atoms with Crippen molar-refractivity contribution < 1.29 is 14.4 Å². The van der Waals surface area contributed by atoms with Gasteiger partial charge in [0.1, 0.15) is 0 Å². The van der Waals surface area contributed by atoms with Gasteiger partial charge >= 0.3 is 0 Å². The summed E-state index contributed by atoms with van der Waals surface area (Å²) in [6.07, 6.45) is 6.80. The number of hydrogen-bond donors (Lipinski definition) is 2. The number of rotatable bonds is 6. The first-order valence-electron chi connectivity index (χ1n) is 15.4. The van der Waals surface area contributed by atoms with E-state index in [2.05, 4.69) is 15.2 Å². The van der Waals surface area contributed by atoms with Gasteiger partial charge in [-0.25, -0.2) is 0 Å². The Hall–Kier alpha value is -4.17. The van der Waals surface area contributed by atoms with Crippen molar-refractivity contribution in [2.75, 3.05) is 45.6 Å². The summed E-state index contributed by atoms with van der Waals surface area (Å²) in [5.41, 5.74) is 8.06. The molecule has 2 N–H and O–H groups in total. The maximum atomic E-state index is 13.7. The fourth-order valence-electron chi connectivity index (χ4n) is 6.89. The molecule has 2 fully saturated rings. The number of fused-ring (bicyclic) bond motifs is 1. The Balaban J connectivity index is 1.28. The molecule has 4 heterocycles. The lowest BCUT2D eigenvalue weighted by molar-refractivity contribution is -0.128. The molecule has 0 unspecified atom stereocenters. The molecule has 0 spiro atoms. The number of nitrogens with one attached hydrogen (secondary N) is 2. The third kappa shape index (κ3) is 5.64. The molecule has 0 radical (unpaired) electrons. The van der Waals surface area contributed by atoms with E-state index in [-0.39, 0.29) is 17.7 Å². The molecule has 2 aromatic carbocycles. The van der Waals surface area contributed by atoms with Crippen molar-refractivity contribution in [3.63, 3.8) is 0 Å². The van der Waals surface area contributed by atoms with Gasteiger partial charge in [-0.2, -0.15) is 0 Å². The van der Waals surface area contributed by atoms with Gasteiger partial charge in [0.25, 0.3) is 11.8 Å². The van der Waals surface area contributed by atoms with Crippen LogP contribution in [0.4, 0.5) is 5.69 Å². The first-order valence-corrected chi connectivity index (χ1v) is 15.4. The zero-order valence-corrected chi connectivity index (χ0v) is 25.6. The van der Waals surface area contributed by atoms with Crippen molar-refractivity contribution in [1.29, 1.82) is 0 Å². The van der Waals surface area contributed by atoms with Gasteiger partial charge in [0, 0.05) is 55.9 Å². The molecule has 8 heteroatoms. The normalized spacial score (nSPS) is 18.3. The molecular formula is C35H41N5O3. The molecule has 3 aromatic rings. The van der Waals surface area contributed by atoms with E-state index in [1.165, 1.54) is 25.9 Å². The lowest BCUT2D eigenvalue weighted by Gasteiger charge is -2.36. The summed E-state index contributed by atoms with van der Waals surface area (Å²) in [6.45, 7) is 7.83. The quantitative estimate of drug-likeness (QED) is 0.397. The van der Waals surface area contributed by atoms with E-state index in [9.17, 15) is 14.4 Å². The van der Waals surface area contributed by atoms with Crippen LogP contribution in [-0.2, 0) is 16.0 Å². The van der Waals surface area contributed by atoms with Gasteiger partial charge in [-0.05, 0) is 87.0 Å². The highest BCUT2D eigenvalue weighted by Gasteiger charge is 2.32. The molecular weight excluding hydrogens is 538 g/mol. The minimum absolute atomic E-state index is 0.0340. The summed E-state index contributed by atoms with van der Waals surface area (Å²) in [6, 6.07) is 14.4. The van der Waals surface area contributed by atoms with Crippen LogP contribution >= 0.6 is 0 Å². The predicted molar refractivity (Wildman–Crippen MR) is 171 cm³/mol. The van der Waals surface area contributed by atoms with Gasteiger partial charge < -0.3 is 25.0 Å². The van der Waals surface area contributed by atoms with E-state index >= 15 is 0 Å². The Bertz CT molecular complexity index is 1600. The molecule has 3 aliphatic rings. The van der Waals surface area contributed by atoms with E-state index in [0.29, 0.717) is 23.6 Å². The highest BCUT2D eigenvalue weighted by atomic mass is 16.2. The van der Waals surface area contributed by atoms with Crippen LogP contribution in [0, 0.1) is 13.8 Å². The van der Waals surface area contributed by atoms with E-state index in [1.807, 2.05) is 67.3 Å². The fraction of sp³-hybridized carbons (Fsp3) is 0.400. The van der Waals surface area contributed by atoms with E-state index in [0.717, 1.165) is 70.8 Å². The maximum Gasteiger partial charge on any atom is 0.256 e. The van der Waals surface area contributed by atoms with Crippen molar-refractivity contribution in [3.8, 4) is 11.1 Å². The minimum Gasteiger partial charge on any atom is -0.358 e. The highest BCUT2D eigenvalue weighted by Crippen LogP contribution is 2.41. The Morgan fingerprint density at radius 1 is 1.00 bits per heavy atom. The number of likely N-dealkylation sites (tertiary alicyclic amines) is 2. The van der Waals surface area contributed by atoms with E-state index in [4.69, 9.17) is 0 Å². The number of hydrogen-bond acceptors (Lipinski definition) is 4. The maximum absolute atomic E-state index is 13.7. The van der Waals surface area contributed by atoms with Crippen molar-refractivity contribution in [3.05, 3.63) is 76.1 Å². The molecule has 43 heavy (non-hydrogen) atoms. The third-order valence-corrected chi connectivity index (χ3v) is 9.31. The monoisotopic (exact) mass is 579 g/mol. The average molecular weight is 580 g/mol. The van der Waals surface area contributed by atoms with Crippen LogP contribution in [0.3, 0.4) is 0 Å². The summed E-state index contributed by atoms with van der Waals surface area (Å²) in [7, 11) is 3.51. The summed E-state index contributed by atoms with van der Waals surface area (Å²) >= 11 is 0. The number of H-pyrrole nitrogens is 1. The van der Waals surface area contributed by atoms with Crippen LogP contribution in [-0.4, -0.2) is 83.7 Å². The van der Waals surface area contributed by atoms with Gasteiger partial charge in [0.2, 0.25) is 5.91 Å². The second-order valence-corrected chi connectivity index (χ2v) is 12.3. The number of aromatic amines is 1. The summed E-state index contributed by atoms with van der Waals surface area (Å²) in [4.78, 5) is 49.0.